The summed E-state index contributed by atoms with van der Waals surface area (Å²) >= 11 is 9.05. The van der Waals surface area contributed by atoms with Gasteiger partial charge < -0.3 is 4.74 Å². The monoisotopic (exact) mass is 407 g/mol. The van der Waals surface area contributed by atoms with Crippen molar-refractivity contribution in [3.63, 3.8) is 0 Å². The van der Waals surface area contributed by atoms with Crippen LogP contribution < -0.4 is 4.90 Å². The Balaban J connectivity index is 1.60. The van der Waals surface area contributed by atoms with Crippen LogP contribution in [0, 0.1) is 0 Å². The number of ether oxygens (including phenoxy) is 1. The minimum atomic E-state index is -0.00147. The van der Waals surface area contributed by atoms with E-state index in [1.54, 1.807) is 4.90 Å². The third-order valence-electron chi connectivity index (χ3n) is 4.29. The number of aromatic nitrogens is 1. The minimum Gasteiger partial charge on any atom is -0.379 e. The maximum atomic E-state index is 13.1. The van der Waals surface area contributed by atoms with Crippen LogP contribution in [0.3, 0.4) is 0 Å². The van der Waals surface area contributed by atoms with Crippen LogP contribution in [0.15, 0.2) is 35.7 Å². The number of benzene rings is 1. The van der Waals surface area contributed by atoms with Crippen molar-refractivity contribution in [1.82, 2.24) is 9.88 Å². The lowest BCUT2D eigenvalue weighted by atomic mass is 10.3. The van der Waals surface area contributed by atoms with Crippen LogP contribution in [0.5, 0.6) is 0 Å². The highest BCUT2D eigenvalue weighted by Crippen LogP contribution is 2.32. The maximum absolute atomic E-state index is 13.1. The zero-order valence-electron chi connectivity index (χ0n) is 14.1. The molecule has 1 aliphatic heterocycles. The number of morpholine rings is 1. The van der Waals surface area contributed by atoms with Crippen LogP contribution in [-0.2, 0) is 4.74 Å². The standard InChI is InChI=1S/C18H18ClN3O2S2/c19-13-3-4-14-16(12-13)26-18(20-14)22(17(23)15-2-1-11-25-15)6-5-21-7-9-24-10-8-21/h1-4,11-12H,5-10H2. The molecule has 0 bridgehead atoms. The van der Waals surface area contributed by atoms with E-state index in [4.69, 9.17) is 16.3 Å². The van der Waals surface area contributed by atoms with E-state index in [0.29, 0.717) is 16.7 Å². The van der Waals surface area contributed by atoms with Gasteiger partial charge in [-0.05, 0) is 29.6 Å². The summed E-state index contributed by atoms with van der Waals surface area (Å²) in [6, 6.07) is 9.38. The molecule has 0 N–H and O–H groups in total. The number of thiophene rings is 1. The number of fused-ring (bicyclic) bond motifs is 1. The first-order chi connectivity index (χ1) is 12.7. The van der Waals surface area contributed by atoms with Crippen molar-refractivity contribution < 1.29 is 9.53 Å². The second-order valence-corrected chi connectivity index (χ2v) is 8.39. The van der Waals surface area contributed by atoms with E-state index in [0.717, 1.165) is 47.9 Å². The molecule has 4 rings (SSSR count). The second-order valence-electron chi connectivity index (χ2n) is 6.00. The van der Waals surface area contributed by atoms with Crippen molar-refractivity contribution in [2.75, 3.05) is 44.3 Å². The summed E-state index contributed by atoms with van der Waals surface area (Å²) in [7, 11) is 0. The van der Waals surface area contributed by atoms with Crippen molar-refractivity contribution in [2.24, 2.45) is 0 Å². The molecule has 1 saturated heterocycles. The highest BCUT2D eigenvalue weighted by molar-refractivity contribution is 7.22. The number of carbonyl (C=O) groups is 1. The Morgan fingerprint density at radius 3 is 2.92 bits per heavy atom. The topological polar surface area (TPSA) is 45.7 Å². The van der Waals surface area contributed by atoms with Crippen LogP contribution in [0.4, 0.5) is 5.13 Å². The van der Waals surface area contributed by atoms with Gasteiger partial charge in [-0.3, -0.25) is 14.6 Å². The molecular formula is C18H18ClN3O2S2. The van der Waals surface area contributed by atoms with Crippen molar-refractivity contribution in [2.45, 2.75) is 0 Å². The molecule has 0 unspecified atom stereocenters. The van der Waals surface area contributed by atoms with E-state index in [9.17, 15) is 4.79 Å². The van der Waals surface area contributed by atoms with E-state index in [2.05, 4.69) is 9.88 Å². The predicted octanol–water partition coefficient (Wildman–Crippen LogP) is 3.99. The first-order valence-corrected chi connectivity index (χ1v) is 10.5. The molecule has 0 saturated carbocycles. The van der Waals surface area contributed by atoms with Crippen molar-refractivity contribution in [1.29, 1.82) is 0 Å². The van der Waals surface area contributed by atoms with Crippen molar-refractivity contribution in [3.8, 4) is 0 Å². The Kier molecular flexibility index (Phi) is 5.52. The molecule has 8 heteroatoms. The van der Waals surface area contributed by atoms with Gasteiger partial charge in [-0.2, -0.15) is 0 Å². The molecule has 0 atom stereocenters. The Morgan fingerprint density at radius 1 is 1.31 bits per heavy atom. The maximum Gasteiger partial charge on any atom is 0.270 e. The van der Waals surface area contributed by atoms with Gasteiger partial charge in [-0.15, -0.1) is 11.3 Å². The molecule has 1 aliphatic rings. The van der Waals surface area contributed by atoms with Gasteiger partial charge in [0.1, 0.15) is 0 Å². The first kappa shape index (κ1) is 17.9. The minimum absolute atomic E-state index is 0.00147. The van der Waals surface area contributed by atoms with E-state index in [1.807, 2.05) is 35.7 Å². The summed E-state index contributed by atoms with van der Waals surface area (Å²) in [5, 5.41) is 3.32. The van der Waals surface area contributed by atoms with E-state index >= 15 is 0 Å². The molecule has 2 aromatic heterocycles. The summed E-state index contributed by atoms with van der Waals surface area (Å²) in [6.45, 7) is 4.70. The van der Waals surface area contributed by atoms with Gasteiger partial charge >= 0.3 is 0 Å². The molecule has 1 amide bonds. The third kappa shape index (κ3) is 3.92. The number of nitrogens with zero attached hydrogens (tertiary/aromatic N) is 3. The number of carbonyl (C=O) groups excluding carboxylic acids is 1. The highest BCUT2D eigenvalue weighted by atomic mass is 35.5. The molecular weight excluding hydrogens is 390 g/mol. The number of amides is 1. The van der Waals surface area contributed by atoms with Gasteiger partial charge in [-0.25, -0.2) is 4.98 Å². The van der Waals surface area contributed by atoms with Crippen LogP contribution >= 0.6 is 34.3 Å². The quantitative estimate of drug-likeness (QED) is 0.641. The molecule has 0 radical (unpaired) electrons. The van der Waals surface area contributed by atoms with Crippen molar-refractivity contribution in [3.05, 3.63) is 45.6 Å². The van der Waals surface area contributed by atoms with E-state index < -0.39 is 0 Å². The molecule has 5 nitrogen and oxygen atoms in total. The Bertz CT molecular complexity index is 891. The zero-order chi connectivity index (χ0) is 17.9. The van der Waals surface area contributed by atoms with Gasteiger partial charge in [-0.1, -0.05) is 29.0 Å². The van der Waals surface area contributed by atoms with Crippen LogP contribution in [0.25, 0.3) is 10.2 Å². The molecule has 0 spiro atoms. The lowest BCUT2D eigenvalue weighted by molar-refractivity contribution is 0.0391. The summed E-state index contributed by atoms with van der Waals surface area (Å²) in [6.07, 6.45) is 0. The van der Waals surface area contributed by atoms with E-state index in [1.165, 1.54) is 22.7 Å². The number of hydrogen-bond donors (Lipinski definition) is 0. The molecule has 136 valence electrons. The number of anilines is 1. The molecule has 3 heterocycles. The number of rotatable bonds is 5. The molecule has 1 aromatic carbocycles. The SMILES string of the molecule is O=C(c1cccs1)N(CCN1CCOCC1)c1nc2ccc(Cl)cc2s1. The van der Waals surface area contributed by atoms with Crippen LogP contribution in [0.2, 0.25) is 5.02 Å². The third-order valence-corrected chi connectivity index (χ3v) is 6.42. The highest BCUT2D eigenvalue weighted by Gasteiger charge is 2.23. The molecule has 26 heavy (non-hydrogen) atoms. The van der Waals surface area contributed by atoms with Gasteiger partial charge in [0.15, 0.2) is 5.13 Å². The molecule has 0 aliphatic carbocycles. The van der Waals surface area contributed by atoms with Gasteiger partial charge in [0.05, 0.1) is 28.3 Å². The Labute approximate surface area is 164 Å². The second kappa shape index (κ2) is 8.02. The summed E-state index contributed by atoms with van der Waals surface area (Å²) in [5.74, 6) is -0.00147. The van der Waals surface area contributed by atoms with Gasteiger partial charge in [0.2, 0.25) is 0 Å². The van der Waals surface area contributed by atoms with Gasteiger partial charge in [0.25, 0.3) is 5.91 Å². The fraction of sp³-hybridized carbons (Fsp3) is 0.333. The fourth-order valence-electron chi connectivity index (χ4n) is 2.89. The predicted molar refractivity (Wildman–Crippen MR) is 108 cm³/mol. The Morgan fingerprint density at radius 2 is 2.15 bits per heavy atom. The molecule has 1 fully saturated rings. The van der Waals surface area contributed by atoms with E-state index in [-0.39, 0.29) is 5.91 Å². The first-order valence-electron chi connectivity index (χ1n) is 8.42. The average Bonchev–Trinajstić information content (AvgIpc) is 3.32. The summed E-state index contributed by atoms with van der Waals surface area (Å²) in [5.41, 5.74) is 0.866. The fourth-order valence-corrected chi connectivity index (χ4v) is 4.82. The largest absolute Gasteiger partial charge is 0.379 e. The lowest BCUT2D eigenvalue weighted by Crippen LogP contribution is -2.43. The molecule has 3 aromatic rings. The van der Waals surface area contributed by atoms with Gasteiger partial charge in [0, 0.05) is 31.2 Å². The number of hydrogen-bond acceptors (Lipinski definition) is 6. The lowest BCUT2D eigenvalue weighted by Gasteiger charge is -2.29. The summed E-state index contributed by atoms with van der Waals surface area (Å²) < 4.78 is 6.39. The van der Waals surface area contributed by atoms with Crippen LogP contribution in [0.1, 0.15) is 9.67 Å². The zero-order valence-corrected chi connectivity index (χ0v) is 16.4. The van der Waals surface area contributed by atoms with Crippen LogP contribution in [-0.4, -0.2) is 55.2 Å². The smallest absolute Gasteiger partial charge is 0.270 e. The normalized spacial score (nSPS) is 15.4. The number of halogens is 1. The number of thiazole rings is 1. The Hall–Kier alpha value is -1.51. The average molecular weight is 408 g/mol. The van der Waals surface area contributed by atoms with Crippen molar-refractivity contribution >= 4 is 55.5 Å². The summed E-state index contributed by atoms with van der Waals surface area (Å²) in [4.78, 5) is 22.6.